The van der Waals surface area contributed by atoms with Gasteiger partial charge in [0.25, 0.3) is 0 Å². The fraction of sp³-hybridized carbons (Fsp3) is 0.400. The van der Waals surface area contributed by atoms with Gasteiger partial charge in [-0.1, -0.05) is 11.6 Å². The number of rotatable bonds is 7. The molecule has 7 nitrogen and oxygen atoms in total. The molecule has 1 aromatic carbocycles. The van der Waals surface area contributed by atoms with E-state index in [1.54, 1.807) is 13.3 Å². The van der Waals surface area contributed by atoms with Crippen molar-refractivity contribution in [3.05, 3.63) is 52.8 Å². The van der Waals surface area contributed by atoms with Gasteiger partial charge in [-0.2, -0.15) is 0 Å². The molecule has 0 radical (unpaired) electrons. The number of halogens is 2. The van der Waals surface area contributed by atoms with Gasteiger partial charge in [0.1, 0.15) is 17.7 Å². The number of piperidine rings is 1. The van der Waals surface area contributed by atoms with Crippen LogP contribution in [0.3, 0.4) is 0 Å². The zero-order valence-corrected chi connectivity index (χ0v) is 21.0. The molecule has 2 atom stereocenters. The molecule has 0 spiro atoms. The maximum Gasteiger partial charge on any atom is 0.235 e. The average Bonchev–Trinajstić information content (AvgIpc) is 2.87. The van der Waals surface area contributed by atoms with E-state index < -0.39 is 6.17 Å². The van der Waals surface area contributed by atoms with Crippen LogP contribution in [-0.2, 0) is 17.8 Å². The van der Waals surface area contributed by atoms with E-state index in [1.807, 2.05) is 30.3 Å². The Morgan fingerprint density at radius 2 is 2.23 bits per heavy atom. The number of methoxy groups -OCH3 is 1. The first-order valence-electron chi connectivity index (χ1n) is 11.6. The van der Waals surface area contributed by atoms with Gasteiger partial charge in [-0.05, 0) is 55.3 Å². The summed E-state index contributed by atoms with van der Waals surface area (Å²) in [6.45, 7) is 2.34. The lowest BCUT2D eigenvalue weighted by Gasteiger charge is -2.35. The number of carbonyl (C=O) groups excluding carboxylic acids is 1. The second-order valence-corrected chi connectivity index (χ2v) is 10.2. The summed E-state index contributed by atoms with van der Waals surface area (Å²) < 4.78 is 20.4. The van der Waals surface area contributed by atoms with Crippen LogP contribution in [0.5, 0.6) is 5.75 Å². The molecule has 0 unspecified atom stereocenters. The summed E-state index contributed by atoms with van der Waals surface area (Å²) in [4.78, 5) is 23.7. The smallest absolute Gasteiger partial charge is 0.235 e. The fourth-order valence-electron chi connectivity index (χ4n) is 4.59. The standard InChI is InChI=1S/C25H27ClFN5O2S/c1-34-16-3-4-21-18(10-16)17(19(26)12-29-21)6-8-32-9-7-22(20(27)13-32)28-11-15-2-5-23-25(30-15)31-24(33)14-35-23/h2-5,10,12,20,22,28H,6-9,11,13-14H2,1H3,(H,30,31,33)/t20-,22+/m1/s1. The SMILES string of the molecule is COc1ccc2ncc(Cl)c(CCN3CC[C@H](NCc4ccc5c(n4)NC(=O)CS5)[C@H](F)C3)c2c1. The fourth-order valence-corrected chi connectivity index (χ4v) is 5.59. The second-order valence-electron chi connectivity index (χ2n) is 8.80. The highest BCUT2D eigenvalue weighted by Gasteiger charge is 2.29. The van der Waals surface area contributed by atoms with Crippen molar-refractivity contribution >= 4 is 46.0 Å². The van der Waals surface area contributed by atoms with E-state index in [2.05, 4.69) is 25.5 Å². The lowest BCUT2D eigenvalue weighted by atomic mass is 10.0. The summed E-state index contributed by atoms with van der Waals surface area (Å²) in [6, 6.07) is 9.41. The molecule has 1 fully saturated rings. The maximum absolute atomic E-state index is 15.0. The number of ether oxygens (including phenoxy) is 1. The highest BCUT2D eigenvalue weighted by Crippen LogP contribution is 2.30. The third kappa shape index (κ3) is 5.53. The molecule has 2 N–H and O–H groups in total. The van der Waals surface area contributed by atoms with Gasteiger partial charge in [-0.15, -0.1) is 11.8 Å². The quantitative estimate of drug-likeness (QED) is 0.491. The number of hydrogen-bond donors (Lipinski definition) is 2. The van der Waals surface area contributed by atoms with Crippen LogP contribution in [0.15, 0.2) is 41.4 Å². The molecule has 1 saturated heterocycles. The summed E-state index contributed by atoms with van der Waals surface area (Å²) in [5, 5.41) is 7.71. The molecule has 0 saturated carbocycles. The van der Waals surface area contributed by atoms with Crippen LogP contribution in [0.2, 0.25) is 5.02 Å². The molecule has 4 heterocycles. The zero-order chi connectivity index (χ0) is 24.4. The van der Waals surface area contributed by atoms with Crippen molar-refractivity contribution in [1.82, 2.24) is 20.2 Å². The topological polar surface area (TPSA) is 79.4 Å². The molecule has 0 aliphatic carbocycles. The molecule has 184 valence electrons. The molecule has 1 amide bonds. The molecular weight excluding hydrogens is 489 g/mol. The molecule has 0 bridgehead atoms. The molecule has 2 aromatic heterocycles. The molecule has 3 aromatic rings. The van der Waals surface area contributed by atoms with E-state index in [4.69, 9.17) is 16.3 Å². The van der Waals surface area contributed by atoms with Crippen molar-refractivity contribution in [1.29, 1.82) is 0 Å². The van der Waals surface area contributed by atoms with E-state index in [0.29, 0.717) is 49.1 Å². The van der Waals surface area contributed by atoms with E-state index in [9.17, 15) is 4.79 Å². The van der Waals surface area contributed by atoms with Crippen LogP contribution in [0, 0.1) is 0 Å². The van der Waals surface area contributed by atoms with Crippen LogP contribution in [0.1, 0.15) is 17.7 Å². The first-order chi connectivity index (χ1) is 17.0. The van der Waals surface area contributed by atoms with E-state index in [0.717, 1.165) is 39.4 Å². The number of pyridine rings is 2. The molecule has 2 aliphatic rings. The van der Waals surface area contributed by atoms with E-state index in [-0.39, 0.29) is 11.9 Å². The van der Waals surface area contributed by atoms with Crippen LogP contribution in [0.25, 0.3) is 10.9 Å². The van der Waals surface area contributed by atoms with Gasteiger partial charge < -0.3 is 15.4 Å². The van der Waals surface area contributed by atoms with E-state index in [1.165, 1.54) is 11.8 Å². The van der Waals surface area contributed by atoms with Crippen LogP contribution in [0.4, 0.5) is 10.2 Å². The number of thioether (sulfide) groups is 1. The summed E-state index contributed by atoms with van der Waals surface area (Å²) in [5.41, 5.74) is 2.66. The first kappa shape index (κ1) is 24.2. The van der Waals surface area contributed by atoms with Crippen molar-refractivity contribution < 1.29 is 13.9 Å². The lowest BCUT2D eigenvalue weighted by Crippen LogP contribution is -2.51. The summed E-state index contributed by atoms with van der Waals surface area (Å²) in [5.74, 6) is 1.72. The summed E-state index contributed by atoms with van der Waals surface area (Å²) >= 11 is 7.96. The molecule has 5 rings (SSSR count). The molecule has 35 heavy (non-hydrogen) atoms. The minimum Gasteiger partial charge on any atom is -0.497 e. The largest absolute Gasteiger partial charge is 0.497 e. The highest BCUT2D eigenvalue weighted by atomic mass is 35.5. The van der Waals surface area contributed by atoms with Crippen molar-refractivity contribution in [2.45, 2.75) is 36.5 Å². The second kappa shape index (κ2) is 10.7. The normalized spacial score (nSPS) is 20.5. The highest BCUT2D eigenvalue weighted by molar-refractivity contribution is 8.00. The number of benzene rings is 1. The third-order valence-electron chi connectivity index (χ3n) is 6.52. The maximum atomic E-state index is 15.0. The Hall–Kier alpha value is -2.46. The number of carbonyl (C=O) groups is 1. The average molecular weight is 516 g/mol. The Kier molecular flexibility index (Phi) is 7.38. The Bertz CT molecular complexity index is 1250. The van der Waals surface area contributed by atoms with Gasteiger partial charge >= 0.3 is 0 Å². The first-order valence-corrected chi connectivity index (χ1v) is 13.0. The number of amides is 1. The van der Waals surface area contributed by atoms with Crippen molar-refractivity contribution in [2.24, 2.45) is 0 Å². The number of fused-ring (bicyclic) bond motifs is 2. The molecule has 10 heteroatoms. The zero-order valence-electron chi connectivity index (χ0n) is 19.4. The van der Waals surface area contributed by atoms with Gasteiger partial charge in [-0.3, -0.25) is 14.7 Å². The molecule has 2 aliphatic heterocycles. The van der Waals surface area contributed by atoms with Gasteiger partial charge in [0.05, 0.1) is 34.0 Å². The van der Waals surface area contributed by atoms with Crippen molar-refractivity contribution in [2.75, 3.05) is 37.8 Å². The number of likely N-dealkylation sites (tertiary alicyclic amines) is 1. The summed E-state index contributed by atoms with van der Waals surface area (Å²) in [7, 11) is 1.64. The number of nitrogens with one attached hydrogen (secondary N) is 2. The van der Waals surface area contributed by atoms with Gasteiger partial charge in [-0.25, -0.2) is 9.37 Å². The monoisotopic (exact) mass is 515 g/mol. The Balaban J connectivity index is 1.16. The third-order valence-corrected chi connectivity index (χ3v) is 7.89. The van der Waals surface area contributed by atoms with Crippen molar-refractivity contribution in [3.63, 3.8) is 0 Å². The summed E-state index contributed by atoms with van der Waals surface area (Å²) in [6.07, 6.45) is 2.11. The van der Waals surface area contributed by atoms with Crippen LogP contribution < -0.4 is 15.4 Å². The van der Waals surface area contributed by atoms with Crippen molar-refractivity contribution in [3.8, 4) is 5.75 Å². The van der Waals surface area contributed by atoms with Gasteiger partial charge in [0, 0.05) is 37.3 Å². The molecular formula is C25H27ClFN5O2S. The van der Waals surface area contributed by atoms with E-state index >= 15 is 4.39 Å². The Morgan fingerprint density at radius 1 is 1.34 bits per heavy atom. The minimum absolute atomic E-state index is 0.0449. The lowest BCUT2D eigenvalue weighted by molar-refractivity contribution is -0.113. The number of nitrogens with zero attached hydrogens (tertiary/aromatic N) is 3. The number of aromatic nitrogens is 2. The Labute approximate surface area is 212 Å². The number of alkyl halides is 1. The van der Waals surface area contributed by atoms with Gasteiger partial charge in [0.15, 0.2) is 0 Å². The van der Waals surface area contributed by atoms with Crippen LogP contribution >= 0.6 is 23.4 Å². The number of anilines is 1. The van der Waals surface area contributed by atoms with Gasteiger partial charge in [0.2, 0.25) is 5.91 Å². The predicted octanol–water partition coefficient (Wildman–Crippen LogP) is 4.08. The minimum atomic E-state index is -0.985. The Morgan fingerprint density at radius 3 is 3.06 bits per heavy atom. The number of hydrogen-bond acceptors (Lipinski definition) is 7. The predicted molar refractivity (Wildman–Crippen MR) is 137 cm³/mol. The van der Waals surface area contributed by atoms with Crippen LogP contribution in [-0.4, -0.2) is 65.5 Å².